The van der Waals surface area contributed by atoms with Crippen molar-refractivity contribution >= 4 is 11.0 Å². The lowest BCUT2D eigenvalue weighted by Gasteiger charge is -1.98. The van der Waals surface area contributed by atoms with Gasteiger partial charge in [-0.25, -0.2) is 4.98 Å². The molecular formula is C9H11N3. The lowest BCUT2D eigenvalue weighted by Crippen LogP contribution is -2.04. The maximum Gasteiger partial charge on any atom is 0.0931 e. The summed E-state index contributed by atoms with van der Waals surface area (Å²) in [6.45, 7) is 0.892. The Balaban J connectivity index is 2.46. The highest BCUT2D eigenvalue weighted by atomic mass is 14.9. The number of rotatable bonds is 2. The molecule has 0 fully saturated rings. The van der Waals surface area contributed by atoms with Crippen LogP contribution in [0.2, 0.25) is 0 Å². The molecule has 0 radical (unpaired) electrons. The molecule has 12 heavy (non-hydrogen) atoms. The van der Waals surface area contributed by atoms with Crippen molar-refractivity contribution in [3.63, 3.8) is 0 Å². The zero-order valence-electron chi connectivity index (χ0n) is 6.96. The normalized spacial score (nSPS) is 10.8. The highest BCUT2D eigenvalue weighted by molar-refractivity contribution is 5.74. The summed E-state index contributed by atoms with van der Waals surface area (Å²) in [5.74, 6) is 0. The van der Waals surface area contributed by atoms with E-state index in [4.69, 9.17) is 0 Å². The zero-order valence-corrected chi connectivity index (χ0v) is 6.96. The van der Waals surface area contributed by atoms with Crippen LogP contribution in [0.3, 0.4) is 0 Å². The van der Waals surface area contributed by atoms with Crippen molar-refractivity contribution in [1.29, 1.82) is 0 Å². The van der Waals surface area contributed by atoms with E-state index in [1.807, 2.05) is 7.05 Å². The Morgan fingerprint density at radius 3 is 3.25 bits per heavy atom. The summed E-state index contributed by atoms with van der Waals surface area (Å²) >= 11 is 0. The molecule has 0 unspecified atom stereocenters. The fraction of sp³-hybridized carbons (Fsp3) is 0.222. The Kier molecular flexibility index (Phi) is 1.80. The monoisotopic (exact) mass is 161 g/mol. The van der Waals surface area contributed by atoms with Crippen LogP contribution < -0.4 is 5.32 Å². The van der Waals surface area contributed by atoms with E-state index in [-0.39, 0.29) is 0 Å². The molecule has 2 rings (SSSR count). The Hall–Kier alpha value is -1.35. The van der Waals surface area contributed by atoms with Gasteiger partial charge < -0.3 is 10.3 Å². The quantitative estimate of drug-likeness (QED) is 0.696. The minimum Gasteiger partial charge on any atom is -0.345 e. The second-order valence-electron chi connectivity index (χ2n) is 2.78. The average molecular weight is 161 g/mol. The van der Waals surface area contributed by atoms with Crippen LogP contribution in [-0.2, 0) is 6.54 Å². The predicted octanol–water partition coefficient (Wildman–Crippen LogP) is 1.28. The van der Waals surface area contributed by atoms with Crippen molar-refractivity contribution in [3.8, 4) is 0 Å². The Morgan fingerprint density at radius 2 is 2.42 bits per heavy atom. The Labute approximate surface area is 70.8 Å². The van der Waals surface area contributed by atoms with Crippen molar-refractivity contribution in [2.24, 2.45) is 0 Å². The van der Waals surface area contributed by atoms with Crippen molar-refractivity contribution in [2.45, 2.75) is 6.54 Å². The summed E-state index contributed by atoms with van der Waals surface area (Å²) in [5, 5.41) is 3.10. The first-order valence-corrected chi connectivity index (χ1v) is 3.97. The van der Waals surface area contributed by atoms with E-state index in [0.717, 1.165) is 17.6 Å². The van der Waals surface area contributed by atoms with Gasteiger partial charge in [-0.05, 0) is 24.7 Å². The first-order chi connectivity index (χ1) is 5.90. The van der Waals surface area contributed by atoms with E-state index in [0.29, 0.717) is 0 Å². The van der Waals surface area contributed by atoms with Crippen LogP contribution in [0.1, 0.15) is 5.56 Å². The fourth-order valence-corrected chi connectivity index (χ4v) is 1.29. The van der Waals surface area contributed by atoms with Crippen LogP contribution >= 0.6 is 0 Å². The molecule has 1 aromatic carbocycles. The fourth-order valence-electron chi connectivity index (χ4n) is 1.29. The van der Waals surface area contributed by atoms with Gasteiger partial charge in [-0.3, -0.25) is 0 Å². The van der Waals surface area contributed by atoms with E-state index >= 15 is 0 Å². The summed E-state index contributed by atoms with van der Waals surface area (Å²) in [7, 11) is 1.94. The number of aromatic nitrogens is 2. The topological polar surface area (TPSA) is 40.7 Å². The summed E-state index contributed by atoms with van der Waals surface area (Å²) < 4.78 is 0. The molecule has 1 heterocycles. The van der Waals surface area contributed by atoms with Gasteiger partial charge in [-0.1, -0.05) is 6.07 Å². The maximum atomic E-state index is 4.18. The number of fused-ring (bicyclic) bond motifs is 1. The first kappa shape index (κ1) is 7.31. The van der Waals surface area contributed by atoms with Crippen LogP contribution in [0.4, 0.5) is 0 Å². The number of aromatic amines is 1. The van der Waals surface area contributed by atoms with Gasteiger partial charge in [0.1, 0.15) is 0 Å². The molecule has 3 heteroatoms. The van der Waals surface area contributed by atoms with Gasteiger partial charge in [0, 0.05) is 6.54 Å². The number of nitrogens with zero attached hydrogens (tertiary/aromatic N) is 1. The van der Waals surface area contributed by atoms with Crippen LogP contribution in [0.25, 0.3) is 11.0 Å². The van der Waals surface area contributed by atoms with Crippen LogP contribution in [0.5, 0.6) is 0 Å². The van der Waals surface area contributed by atoms with Gasteiger partial charge >= 0.3 is 0 Å². The SMILES string of the molecule is CNCc1ccc2[nH]cnc2c1. The van der Waals surface area contributed by atoms with Gasteiger partial charge in [-0.2, -0.15) is 0 Å². The molecule has 0 saturated heterocycles. The number of benzene rings is 1. The Bertz CT molecular complexity index is 378. The van der Waals surface area contributed by atoms with Crippen molar-refractivity contribution in [1.82, 2.24) is 15.3 Å². The molecule has 0 atom stereocenters. The average Bonchev–Trinajstić information content (AvgIpc) is 2.51. The molecule has 3 nitrogen and oxygen atoms in total. The lowest BCUT2D eigenvalue weighted by molar-refractivity contribution is 0.819. The van der Waals surface area contributed by atoms with Crippen LogP contribution in [0, 0.1) is 0 Å². The molecule has 0 aliphatic heterocycles. The second-order valence-corrected chi connectivity index (χ2v) is 2.78. The second kappa shape index (κ2) is 2.95. The molecule has 62 valence electrons. The van der Waals surface area contributed by atoms with E-state index in [1.165, 1.54) is 5.56 Å². The molecule has 2 N–H and O–H groups in total. The molecule has 0 spiro atoms. The standard InChI is InChI=1S/C9H11N3/c1-10-5-7-2-3-8-9(4-7)12-6-11-8/h2-4,6,10H,5H2,1H3,(H,11,12). The number of H-pyrrole nitrogens is 1. The summed E-state index contributed by atoms with van der Waals surface area (Å²) in [6.07, 6.45) is 1.72. The van der Waals surface area contributed by atoms with Gasteiger partial charge in [0.05, 0.1) is 17.4 Å². The third-order valence-electron chi connectivity index (χ3n) is 1.87. The number of nitrogens with one attached hydrogen (secondary N) is 2. The lowest BCUT2D eigenvalue weighted by atomic mass is 10.2. The molecular weight excluding hydrogens is 150 g/mol. The first-order valence-electron chi connectivity index (χ1n) is 3.97. The molecule has 0 aliphatic rings. The van der Waals surface area contributed by atoms with Gasteiger partial charge in [0.2, 0.25) is 0 Å². The van der Waals surface area contributed by atoms with E-state index in [2.05, 4.69) is 33.5 Å². The van der Waals surface area contributed by atoms with Crippen LogP contribution in [-0.4, -0.2) is 17.0 Å². The minimum atomic E-state index is 0.892. The molecule has 0 amide bonds. The molecule has 1 aromatic heterocycles. The Morgan fingerprint density at radius 1 is 1.50 bits per heavy atom. The highest BCUT2D eigenvalue weighted by Crippen LogP contribution is 2.10. The van der Waals surface area contributed by atoms with Crippen molar-refractivity contribution < 1.29 is 0 Å². The number of imidazole rings is 1. The number of hydrogen-bond donors (Lipinski definition) is 2. The summed E-state index contributed by atoms with van der Waals surface area (Å²) in [4.78, 5) is 7.24. The third kappa shape index (κ3) is 1.19. The van der Waals surface area contributed by atoms with Gasteiger partial charge in [-0.15, -0.1) is 0 Å². The summed E-state index contributed by atoms with van der Waals surface area (Å²) in [5.41, 5.74) is 3.38. The van der Waals surface area contributed by atoms with E-state index in [9.17, 15) is 0 Å². The van der Waals surface area contributed by atoms with Crippen molar-refractivity contribution in [3.05, 3.63) is 30.1 Å². The molecule has 2 aromatic rings. The zero-order chi connectivity index (χ0) is 8.39. The van der Waals surface area contributed by atoms with Crippen LogP contribution in [0.15, 0.2) is 24.5 Å². The minimum absolute atomic E-state index is 0.892. The largest absolute Gasteiger partial charge is 0.345 e. The van der Waals surface area contributed by atoms with Crippen molar-refractivity contribution in [2.75, 3.05) is 7.05 Å². The van der Waals surface area contributed by atoms with E-state index in [1.54, 1.807) is 6.33 Å². The van der Waals surface area contributed by atoms with Gasteiger partial charge in [0.25, 0.3) is 0 Å². The molecule has 0 bridgehead atoms. The number of hydrogen-bond acceptors (Lipinski definition) is 2. The molecule has 0 saturated carbocycles. The molecule has 0 aliphatic carbocycles. The summed E-state index contributed by atoms with van der Waals surface area (Å²) in [6, 6.07) is 6.23. The third-order valence-corrected chi connectivity index (χ3v) is 1.87. The predicted molar refractivity (Wildman–Crippen MR) is 48.9 cm³/mol. The maximum absolute atomic E-state index is 4.18. The highest BCUT2D eigenvalue weighted by Gasteiger charge is 1.96. The smallest absolute Gasteiger partial charge is 0.0931 e. The van der Waals surface area contributed by atoms with Gasteiger partial charge in [0.15, 0.2) is 0 Å². The van der Waals surface area contributed by atoms with E-state index < -0.39 is 0 Å².